The van der Waals surface area contributed by atoms with Gasteiger partial charge in [0.25, 0.3) is 15.9 Å². The molecule has 7 nitrogen and oxygen atoms in total. The lowest BCUT2D eigenvalue weighted by molar-refractivity contribution is -0.119. The van der Waals surface area contributed by atoms with Crippen molar-refractivity contribution >= 4 is 51.0 Å². The van der Waals surface area contributed by atoms with Gasteiger partial charge in [0.1, 0.15) is 6.54 Å². The molecule has 1 amide bonds. The molecule has 196 valence electrons. The van der Waals surface area contributed by atoms with Gasteiger partial charge >= 0.3 is 0 Å². The molecule has 0 aliphatic carbocycles. The largest absolute Gasteiger partial charge is 0.316 e. The van der Waals surface area contributed by atoms with Gasteiger partial charge in [-0.3, -0.25) is 9.10 Å². The number of hydrogen-bond donors (Lipinski definition) is 1. The van der Waals surface area contributed by atoms with Gasteiger partial charge < -0.3 is 4.57 Å². The van der Waals surface area contributed by atoms with Gasteiger partial charge in [0, 0.05) is 22.0 Å². The molecule has 3 aromatic carbocycles. The number of nitrogens with zero attached hydrogens (tertiary/aromatic N) is 3. The predicted molar refractivity (Wildman–Crippen MR) is 153 cm³/mol. The standard InChI is InChI=1S/C28H26Cl2N4O3S/c1-19-9-12-25(13-10-19)38(36,37)33(24-7-5-4-6-8-24)18-28(35)32-31-17-22-15-20(2)34(21(22)3)27-16-23(29)11-14-26(27)30/h4-17H,18H2,1-3H3,(H,32,35)/b31-17-. The summed E-state index contributed by atoms with van der Waals surface area (Å²) in [7, 11) is -4.00. The van der Waals surface area contributed by atoms with Crippen LogP contribution in [0.5, 0.6) is 0 Å². The SMILES string of the molecule is Cc1ccc(S(=O)(=O)N(CC(=O)N/N=C\c2cc(C)n(-c3cc(Cl)ccc3Cl)c2C)c2ccccc2)cc1. The van der Waals surface area contributed by atoms with Gasteiger partial charge in [0.05, 0.1) is 27.5 Å². The van der Waals surface area contributed by atoms with Crippen molar-refractivity contribution in [3.8, 4) is 5.69 Å². The normalized spacial score (nSPS) is 11.6. The van der Waals surface area contributed by atoms with Gasteiger partial charge in [-0.05, 0) is 69.3 Å². The molecule has 0 atom stereocenters. The second-order valence-electron chi connectivity index (χ2n) is 8.71. The molecular formula is C28H26Cl2N4O3S. The molecule has 0 saturated carbocycles. The van der Waals surface area contributed by atoms with Crippen LogP contribution < -0.4 is 9.73 Å². The molecule has 4 aromatic rings. The minimum absolute atomic E-state index is 0.0929. The number of carbonyl (C=O) groups is 1. The molecule has 0 unspecified atom stereocenters. The highest BCUT2D eigenvalue weighted by Gasteiger charge is 2.27. The van der Waals surface area contributed by atoms with Gasteiger partial charge in [-0.2, -0.15) is 5.10 Å². The van der Waals surface area contributed by atoms with E-state index in [1.54, 1.807) is 60.7 Å². The number of rotatable bonds is 8. The number of sulfonamides is 1. The number of aryl methyl sites for hydroxylation is 2. The minimum Gasteiger partial charge on any atom is -0.316 e. The van der Waals surface area contributed by atoms with Crippen LogP contribution in [0.2, 0.25) is 10.0 Å². The average molecular weight is 570 g/mol. The van der Waals surface area contributed by atoms with Crippen molar-refractivity contribution in [2.75, 3.05) is 10.8 Å². The first-order chi connectivity index (χ1) is 18.1. The predicted octanol–water partition coefficient (Wildman–Crippen LogP) is 6.05. The third-order valence-electron chi connectivity index (χ3n) is 5.95. The number of hydrazone groups is 1. The van der Waals surface area contributed by atoms with E-state index in [1.165, 1.54) is 18.3 Å². The summed E-state index contributed by atoms with van der Waals surface area (Å²) in [6.45, 7) is 5.25. The van der Waals surface area contributed by atoms with E-state index in [0.29, 0.717) is 15.7 Å². The Morgan fingerprint density at radius 2 is 1.66 bits per heavy atom. The molecule has 0 aliphatic heterocycles. The van der Waals surface area contributed by atoms with Crippen LogP contribution in [0, 0.1) is 20.8 Å². The van der Waals surface area contributed by atoms with Crippen LogP contribution in [-0.4, -0.2) is 31.7 Å². The Morgan fingerprint density at radius 1 is 0.974 bits per heavy atom. The molecule has 0 spiro atoms. The molecule has 10 heteroatoms. The Morgan fingerprint density at radius 3 is 2.34 bits per heavy atom. The molecule has 0 radical (unpaired) electrons. The maximum absolute atomic E-state index is 13.4. The highest BCUT2D eigenvalue weighted by Crippen LogP contribution is 2.29. The summed E-state index contributed by atoms with van der Waals surface area (Å²) in [5.41, 5.74) is 6.98. The lowest BCUT2D eigenvalue weighted by Crippen LogP contribution is -2.39. The second-order valence-corrected chi connectivity index (χ2v) is 11.4. The van der Waals surface area contributed by atoms with E-state index in [0.717, 1.165) is 32.5 Å². The Kier molecular flexibility index (Phi) is 8.26. The molecule has 1 aromatic heterocycles. The highest BCUT2D eigenvalue weighted by molar-refractivity contribution is 7.92. The van der Waals surface area contributed by atoms with Crippen molar-refractivity contribution in [3.05, 3.63) is 111 Å². The van der Waals surface area contributed by atoms with E-state index in [-0.39, 0.29) is 4.90 Å². The fourth-order valence-corrected chi connectivity index (χ4v) is 5.82. The molecule has 4 rings (SSSR count). The number of carbonyl (C=O) groups excluding carboxylic acids is 1. The fraction of sp³-hybridized carbons (Fsp3) is 0.143. The molecule has 0 bridgehead atoms. The van der Waals surface area contributed by atoms with Crippen LogP contribution >= 0.6 is 23.2 Å². The van der Waals surface area contributed by atoms with Crippen molar-refractivity contribution in [1.29, 1.82) is 0 Å². The Labute approximate surface area is 232 Å². The average Bonchev–Trinajstić information content (AvgIpc) is 3.17. The van der Waals surface area contributed by atoms with Gasteiger partial charge in [-0.15, -0.1) is 0 Å². The van der Waals surface area contributed by atoms with Crippen molar-refractivity contribution in [3.63, 3.8) is 0 Å². The summed E-state index contributed by atoms with van der Waals surface area (Å²) in [5, 5.41) is 5.19. The molecule has 0 fully saturated rings. The number of nitrogens with one attached hydrogen (secondary N) is 1. The summed E-state index contributed by atoms with van der Waals surface area (Å²) in [4.78, 5) is 12.9. The van der Waals surface area contributed by atoms with Gasteiger partial charge in [0.2, 0.25) is 0 Å². The van der Waals surface area contributed by atoms with E-state index >= 15 is 0 Å². The van der Waals surface area contributed by atoms with Gasteiger partial charge in [-0.25, -0.2) is 13.8 Å². The zero-order valence-electron chi connectivity index (χ0n) is 21.0. The van der Waals surface area contributed by atoms with Crippen LogP contribution in [0.25, 0.3) is 5.69 Å². The molecule has 1 N–H and O–H groups in total. The highest BCUT2D eigenvalue weighted by atomic mass is 35.5. The Balaban J connectivity index is 1.55. The second kappa shape index (κ2) is 11.4. The summed E-state index contributed by atoms with van der Waals surface area (Å²) < 4.78 is 29.9. The molecule has 38 heavy (non-hydrogen) atoms. The minimum atomic E-state index is -4.00. The van der Waals surface area contributed by atoms with Crippen LogP contribution in [-0.2, 0) is 14.8 Å². The van der Waals surface area contributed by atoms with Crippen molar-refractivity contribution in [1.82, 2.24) is 9.99 Å². The van der Waals surface area contributed by atoms with E-state index in [2.05, 4.69) is 10.5 Å². The number of benzene rings is 3. The van der Waals surface area contributed by atoms with Gasteiger partial charge in [0.15, 0.2) is 0 Å². The van der Waals surface area contributed by atoms with E-state index in [1.807, 2.05) is 31.4 Å². The number of aromatic nitrogens is 1. The number of para-hydroxylation sites is 1. The van der Waals surface area contributed by atoms with Crippen LogP contribution in [0.1, 0.15) is 22.5 Å². The van der Waals surface area contributed by atoms with Gasteiger partial charge in [-0.1, -0.05) is 59.1 Å². The number of anilines is 1. The smallest absolute Gasteiger partial charge is 0.264 e. The van der Waals surface area contributed by atoms with E-state index in [9.17, 15) is 13.2 Å². The number of amides is 1. The fourth-order valence-electron chi connectivity index (χ4n) is 4.03. The topological polar surface area (TPSA) is 83.8 Å². The summed E-state index contributed by atoms with van der Waals surface area (Å²) in [6, 6.07) is 22.1. The molecule has 0 saturated heterocycles. The third-order valence-corrected chi connectivity index (χ3v) is 8.30. The molecule has 1 heterocycles. The maximum atomic E-state index is 13.4. The monoisotopic (exact) mass is 568 g/mol. The quantitative estimate of drug-likeness (QED) is 0.207. The maximum Gasteiger partial charge on any atom is 0.264 e. The van der Waals surface area contributed by atoms with E-state index < -0.39 is 22.5 Å². The lowest BCUT2D eigenvalue weighted by Gasteiger charge is -2.23. The van der Waals surface area contributed by atoms with Crippen LogP contribution in [0.4, 0.5) is 5.69 Å². The zero-order valence-corrected chi connectivity index (χ0v) is 23.3. The summed E-state index contributed by atoms with van der Waals surface area (Å²) in [6.07, 6.45) is 1.51. The molecule has 0 aliphatic rings. The first kappa shape index (κ1) is 27.4. The van der Waals surface area contributed by atoms with Crippen molar-refractivity contribution < 1.29 is 13.2 Å². The Bertz CT molecular complexity index is 1600. The van der Waals surface area contributed by atoms with Crippen molar-refractivity contribution in [2.45, 2.75) is 25.7 Å². The number of halogens is 2. The van der Waals surface area contributed by atoms with E-state index in [4.69, 9.17) is 23.2 Å². The lowest BCUT2D eigenvalue weighted by atomic mass is 10.2. The Hall–Kier alpha value is -3.59. The summed E-state index contributed by atoms with van der Waals surface area (Å²) in [5.74, 6) is -0.590. The van der Waals surface area contributed by atoms with Crippen molar-refractivity contribution in [2.24, 2.45) is 5.10 Å². The first-order valence-electron chi connectivity index (χ1n) is 11.7. The number of hydrogen-bond acceptors (Lipinski definition) is 4. The zero-order chi connectivity index (χ0) is 27.4. The molecular weight excluding hydrogens is 543 g/mol. The van der Waals surface area contributed by atoms with Crippen LogP contribution in [0.15, 0.2) is 88.9 Å². The van der Waals surface area contributed by atoms with Crippen LogP contribution in [0.3, 0.4) is 0 Å². The summed E-state index contributed by atoms with van der Waals surface area (Å²) >= 11 is 12.6. The third kappa shape index (κ3) is 5.93. The first-order valence-corrected chi connectivity index (χ1v) is 13.9.